The average Bonchev–Trinajstić information content (AvgIpc) is 3.54. The van der Waals surface area contributed by atoms with Gasteiger partial charge in [-0.05, 0) is 56.2 Å². The molecule has 1 amide bonds. The number of imidazole rings is 1. The number of Topliss-reactive ketones (excluding diaryl/α,β-unsaturated/α-hetero) is 1. The normalized spacial score (nSPS) is 17.6. The van der Waals surface area contributed by atoms with Crippen LogP contribution in [0.15, 0.2) is 65.1 Å². The fourth-order valence-electron chi connectivity index (χ4n) is 3.93. The Morgan fingerprint density at radius 1 is 1.15 bits per heavy atom. The summed E-state index contributed by atoms with van der Waals surface area (Å²) in [6.45, 7) is 5.38. The van der Waals surface area contributed by atoms with Crippen molar-refractivity contribution in [1.82, 2.24) is 14.5 Å². The van der Waals surface area contributed by atoms with Crippen molar-refractivity contribution in [1.29, 1.82) is 0 Å². The molecular formula is C25H27N3O5. The number of rotatable bonds is 9. The number of hydrogen-bond donors (Lipinski definition) is 1. The number of furan rings is 1. The Hall–Kier alpha value is -3.81. The lowest BCUT2D eigenvalue weighted by atomic mass is 9.99. The summed E-state index contributed by atoms with van der Waals surface area (Å²) in [6, 6.07) is 9.55. The molecule has 2 aromatic heterocycles. The standard InChI is InChI=1S/C25H27N3O5/c1-3-15-32-19-8-6-18(7-9-19)23(29)21-22(20-10-5-17(2)33-20)28(25(31)24(21)30)13-4-12-27-14-11-26-16-27/h5-11,14,16,22,29H,3-4,12-13,15H2,1-2H3. The number of ether oxygens (including phenoxy) is 1. The van der Waals surface area contributed by atoms with Gasteiger partial charge in [-0.25, -0.2) is 4.98 Å². The monoisotopic (exact) mass is 449 g/mol. The first-order valence-corrected chi connectivity index (χ1v) is 11.0. The molecule has 0 radical (unpaired) electrons. The molecule has 0 saturated carbocycles. The maximum Gasteiger partial charge on any atom is 0.295 e. The Labute approximate surface area is 192 Å². The van der Waals surface area contributed by atoms with Crippen LogP contribution >= 0.6 is 0 Å². The predicted octanol–water partition coefficient (Wildman–Crippen LogP) is 4.09. The van der Waals surface area contributed by atoms with Crippen molar-refractivity contribution < 1.29 is 23.8 Å². The number of benzene rings is 1. The largest absolute Gasteiger partial charge is 0.507 e. The summed E-state index contributed by atoms with van der Waals surface area (Å²) in [5.41, 5.74) is 0.461. The molecule has 4 rings (SSSR count). The van der Waals surface area contributed by atoms with Gasteiger partial charge in [0.15, 0.2) is 0 Å². The van der Waals surface area contributed by atoms with Crippen LogP contribution in [-0.4, -0.2) is 44.4 Å². The number of carbonyl (C=O) groups is 2. The molecule has 1 aliphatic rings. The zero-order valence-corrected chi connectivity index (χ0v) is 18.7. The highest BCUT2D eigenvalue weighted by molar-refractivity contribution is 6.46. The van der Waals surface area contributed by atoms with Gasteiger partial charge in [0, 0.05) is 31.0 Å². The van der Waals surface area contributed by atoms with Gasteiger partial charge in [-0.1, -0.05) is 6.92 Å². The summed E-state index contributed by atoms with van der Waals surface area (Å²) >= 11 is 0. The number of hydrogen-bond acceptors (Lipinski definition) is 6. The van der Waals surface area contributed by atoms with Crippen LogP contribution in [0.1, 0.15) is 42.9 Å². The third-order valence-corrected chi connectivity index (χ3v) is 5.55. The second-order valence-corrected chi connectivity index (χ2v) is 7.97. The Morgan fingerprint density at radius 3 is 2.58 bits per heavy atom. The van der Waals surface area contributed by atoms with Crippen molar-refractivity contribution in [2.45, 2.75) is 39.3 Å². The summed E-state index contributed by atoms with van der Waals surface area (Å²) in [5.74, 6) is 0.174. The van der Waals surface area contributed by atoms with Crippen molar-refractivity contribution in [3.63, 3.8) is 0 Å². The van der Waals surface area contributed by atoms with Gasteiger partial charge in [0.2, 0.25) is 0 Å². The second kappa shape index (κ2) is 9.77. The summed E-state index contributed by atoms with van der Waals surface area (Å²) in [4.78, 5) is 31.5. The van der Waals surface area contributed by atoms with E-state index < -0.39 is 17.7 Å². The van der Waals surface area contributed by atoms with Gasteiger partial charge in [0.25, 0.3) is 11.7 Å². The summed E-state index contributed by atoms with van der Waals surface area (Å²) in [6.07, 6.45) is 6.73. The van der Waals surface area contributed by atoms with Gasteiger partial charge in [0.05, 0.1) is 18.5 Å². The number of carbonyl (C=O) groups excluding carboxylic acids is 2. The Bertz CT molecular complexity index is 1150. The minimum Gasteiger partial charge on any atom is -0.507 e. The fraction of sp³-hybridized carbons (Fsp3) is 0.320. The van der Waals surface area contributed by atoms with Gasteiger partial charge in [0.1, 0.15) is 29.1 Å². The van der Waals surface area contributed by atoms with E-state index in [-0.39, 0.29) is 11.3 Å². The van der Waals surface area contributed by atoms with Crippen LogP contribution in [0.2, 0.25) is 0 Å². The van der Waals surface area contributed by atoms with Crippen LogP contribution in [0, 0.1) is 6.92 Å². The Balaban J connectivity index is 1.65. The first kappa shape index (κ1) is 22.4. The van der Waals surface area contributed by atoms with Crippen LogP contribution in [0.3, 0.4) is 0 Å². The molecular weight excluding hydrogens is 422 g/mol. The maximum atomic E-state index is 13.0. The molecule has 172 valence electrons. The van der Waals surface area contributed by atoms with Crippen molar-refractivity contribution in [3.8, 4) is 5.75 Å². The summed E-state index contributed by atoms with van der Waals surface area (Å²) in [7, 11) is 0. The average molecular weight is 450 g/mol. The molecule has 1 unspecified atom stereocenters. The van der Waals surface area contributed by atoms with E-state index in [2.05, 4.69) is 4.98 Å². The SMILES string of the molecule is CCCOc1ccc(C(O)=C2C(=O)C(=O)N(CCCn3ccnc3)C2c2ccc(C)o2)cc1. The van der Waals surface area contributed by atoms with Crippen molar-refractivity contribution >= 4 is 17.4 Å². The van der Waals surface area contributed by atoms with Crippen LogP contribution in [0.5, 0.6) is 5.75 Å². The molecule has 8 nitrogen and oxygen atoms in total. The van der Waals surface area contributed by atoms with Gasteiger partial charge in [-0.2, -0.15) is 0 Å². The van der Waals surface area contributed by atoms with E-state index in [1.165, 1.54) is 4.90 Å². The number of aromatic nitrogens is 2. The van der Waals surface area contributed by atoms with E-state index in [0.29, 0.717) is 49.0 Å². The number of amides is 1. The number of aliphatic hydroxyl groups is 1. The van der Waals surface area contributed by atoms with Crippen LogP contribution in [0.25, 0.3) is 5.76 Å². The summed E-state index contributed by atoms with van der Waals surface area (Å²) < 4.78 is 13.3. The number of aryl methyl sites for hydroxylation is 2. The third-order valence-electron chi connectivity index (χ3n) is 5.55. The van der Waals surface area contributed by atoms with E-state index in [4.69, 9.17) is 9.15 Å². The van der Waals surface area contributed by atoms with Gasteiger partial charge in [-0.15, -0.1) is 0 Å². The molecule has 3 aromatic rings. The molecule has 33 heavy (non-hydrogen) atoms. The van der Waals surface area contributed by atoms with E-state index in [9.17, 15) is 14.7 Å². The lowest BCUT2D eigenvalue weighted by molar-refractivity contribution is -0.140. The molecule has 0 bridgehead atoms. The lowest BCUT2D eigenvalue weighted by Gasteiger charge is -2.23. The molecule has 1 N–H and O–H groups in total. The highest BCUT2D eigenvalue weighted by Gasteiger charge is 2.47. The summed E-state index contributed by atoms with van der Waals surface area (Å²) in [5, 5.41) is 11.1. The zero-order chi connectivity index (χ0) is 23.4. The first-order chi connectivity index (χ1) is 16.0. The van der Waals surface area contributed by atoms with Crippen LogP contribution in [0.4, 0.5) is 0 Å². The van der Waals surface area contributed by atoms with Gasteiger partial charge in [-0.3, -0.25) is 9.59 Å². The predicted molar refractivity (Wildman–Crippen MR) is 122 cm³/mol. The van der Waals surface area contributed by atoms with E-state index in [0.717, 1.165) is 6.42 Å². The van der Waals surface area contributed by atoms with E-state index in [1.54, 1.807) is 55.8 Å². The number of nitrogens with zero attached hydrogens (tertiary/aromatic N) is 3. The van der Waals surface area contributed by atoms with Gasteiger partial charge >= 0.3 is 0 Å². The van der Waals surface area contributed by atoms with Crippen molar-refractivity contribution in [3.05, 3.63) is 77.8 Å². The minimum absolute atomic E-state index is 0.0270. The van der Waals surface area contributed by atoms with Crippen LogP contribution < -0.4 is 4.74 Å². The quantitative estimate of drug-likeness (QED) is 0.300. The Kier molecular flexibility index (Phi) is 6.63. The van der Waals surface area contributed by atoms with Gasteiger partial charge < -0.3 is 23.7 Å². The maximum absolute atomic E-state index is 13.0. The number of ketones is 1. The van der Waals surface area contributed by atoms with Crippen LogP contribution in [-0.2, 0) is 16.1 Å². The third kappa shape index (κ3) is 4.69. The molecule has 0 spiro atoms. The molecule has 1 saturated heterocycles. The number of likely N-dealkylation sites (tertiary alicyclic amines) is 1. The molecule has 1 atom stereocenters. The van der Waals surface area contributed by atoms with Crippen molar-refractivity contribution in [2.24, 2.45) is 0 Å². The smallest absolute Gasteiger partial charge is 0.295 e. The molecule has 1 aliphatic heterocycles. The van der Waals surface area contributed by atoms with E-state index in [1.807, 2.05) is 17.7 Å². The fourth-order valence-corrected chi connectivity index (χ4v) is 3.93. The Morgan fingerprint density at radius 2 is 1.94 bits per heavy atom. The topological polar surface area (TPSA) is 97.8 Å². The molecule has 8 heteroatoms. The number of aliphatic hydroxyl groups excluding tert-OH is 1. The molecule has 1 fully saturated rings. The lowest BCUT2D eigenvalue weighted by Crippen LogP contribution is -2.31. The van der Waals surface area contributed by atoms with E-state index >= 15 is 0 Å². The minimum atomic E-state index is -0.794. The highest BCUT2D eigenvalue weighted by atomic mass is 16.5. The second-order valence-electron chi connectivity index (χ2n) is 7.97. The highest BCUT2D eigenvalue weighted by Crippen LogP contribution is 2.40. The first-order valence-electron chi connectivity index (χ1n) is 11.0. The molecule has 3 heterocycles. The zero-order valence-electron chi connectivity index (χ0n) is 18.7. The van der Waals surface area contributed by atoms with Crippen molar-refractivity contribution in [2.75, 3.05) is 13.2 Å². The molecule has 0 aliphatic carbocycles. The molecule has 1 aromatic carbocycles.